The second-order valence-corrected chi connectivity index (χ2v) is 19.0. The molecule has 0 spiro atoms. The number of carbonyl (C=O) groups excluding carboxylic acids is 5. The number of nitrogens with one attached hydrogen (secondary N) is 2. The normalized spacial score (nSPS) is 25.0. The molecule has 0 aromatic rings. The predicted octanol–water partition coefficient (Wildman–Crippen LogP) is 4.50. The van der Waals surface area contributed by atoms with Gasteiger partial charge in [-0.2, -0.15) is 4.31 Å². The summed E-state index contributed by atoms with van der Waals surface area (Å²) < 4.78 is 26.5. The molecule has 1 unspecified atom stereocenters. The third-order valence-electron chi connectivity index (χ3n) is 10.7. The van der Waals surface area contributed by atoms with Crippen LogP contribution in [0.25, 0.3) is 0 Å². The van der Waals surface area contributed by atoms with Crippen LogP contribution in [0.4, 0.5) is 4.79 Å². The molecule has 2 heterocycles. The molecular formula is C36H60N4O7S. The van der Waals surface area contributed by atoms with Gasteiger partial charge in [-0.15, -0.1) is 6.58 Å². The van der Waals surface area contributed by atoms with Crippen LogP contribution in [0.2, 0.25) is 0 Å². The number of carbonyl (C=O) groups is 5. The molecule has 0 aromatic carbocycles. The average molecular weight is 693 g/mol. The molecule has 48 heavy (non-hydrogen) atoms. The van der Waals surface area contributed by atoms with E-state index in [0.717, 1.165) is 6.42 Å². The lowest BCUT2D eigenvalue weighted by Gasteiger charge is -2.39. The Morgan fingerprint density at radius 3 is 2.19 bits per heavy atom. The van der Waals surface area contributed by atoms with Gasteiger partial charge in [-0.25, -0.2) is 13.2 Å². The van der Waals surface area contributed by atoms with Gasteiger partial charge in [0.2, 0.25) is 21.7 Å². The molecule has 2 N–H and O–H groups in total. The summed E-state index contributed by atoms with van der Waals surface area (Å²) in [4.78, 5) is 69.6. The molecule has 3 aliphatic rings. The van der Waals surface area contributed by atoms with Gasteiger partial charge in [-0.3, -0.25) is 19.2 Å². The quantitative estimate of drug-likeness (QED) is 0.179. The smallest absolute Gasteiger partial charge is 0.315 e. The van der Waals surface area contributed by atoms with E-state index in [1.54, 1.807) is 11.0 Å². The molecule has 1 aliphatic carbocycles. The third-order valence-corrected chi connectivity index (χ3v) is 12.6. The number of ketones is 3. The van der Waals surface area contributed by atoms with Crippen LogP contribution in [0.3, 0.4) is 0 Å². The summed E-state index contributed by atoms with van der Waals surface area (Å²) in [5, 5.41) is 5.83. The molecule has 2 aliphatic heterocycles. The molecule has 0 bridgehead atoms. The topological polar surface area (TPSA) is 150 Å². The summed E-state index contributed by atoms with van der Waals surface area (Å²) in [5.74, 6) is -2.22. The van der Waals surface area contributed by atoms with Crippen molar-refractivity contribution in [3.63, 3.8) is 0 Å². The highest BCUT2D eigenvalue weighted by atomic mass is 32.2. The van der Waals surface area contributed by atoms with Crippen LogP contribution in [0, 0.1) is 34.0 Å². The fourth-order valence-electron chi connectivity index (χ4n) is 7.39. The Labute approximate surface area is 288 Å². The molecule has 3 rings (SSSR count). The first-order chi connectivity index (χ1) is 22.1. The molecule has 0 radical (unpaired) electrons. The van der Waals surface area contributed by atoms with Crippen molar-refractivity contribution < 1.29 is 32.4 Å². The van der Waals surface area contributed by atoms with Crippen LogP contribution in [0.5, 0.6) is 0 Å². The first-order valence-corrected chi connectivity index (χ1v) is 19.2. The van der Waals surface area contributed by atoms with Gasteiger partial charge in [-0.1, -0.05) is 81.2 Å². The standard InChI is InChI=1S/C36H60N4O7S/c1-11-13-16-23(30(43)25(41)17-14-12-2)20-26(42)29-28-24(36(28,9)10)21-40(29)32(44)31(35(6,7)8)38-33(45)37-27(34(3,4)5)22-39-18-15-19-48(39,46)47/h12,23-24,27-29,31H,2,11,13-22H2,1,3-10H3,(H2,37,38,45)/t23?,24-,27+,28-,29+,31+/m0/s1. The Hall–Kier alpha value is -2.60. The van der Waals surface area contributed by atoms with Gasteiger partial charge >= 0.3 is 6.03 Å². The first kappa shape index (κ1) is 39.8. The first-order valence-electron chi connectivity index (χ1n) is 17.6. The van der Waals surface area contributed by atoms with Crippen LogP contribution in [0.1, 0.15) is 107 Å². The highest BCUT2D eigenvalue weighted by Crippen LogP contribution is 2.65. The monoisotopic (exact) mass is 692 g/mol. The van der Waals surface area contributed by atoms with Crippen LogP contribution < -0.4 is 10.6 Å². The number of amides is 3. The zero-order valence-electron chi connectivity index (χ0n) is 30.7. The van der Waals surface area contributed by atoms with Crippen molar-refractivity contribution in [1.82, 2.24) is 19.8 Å². The van der Waals surface area contributed by atoms with E-state index >= 15 is 0 Å². The number of rotatable bonds is 16. The fraction of sp³-hybridized carbons (Fsp3) is 0.806. The summed E-state index contributed by atoms with van der Waals surface area (Å²) >= 11 is 0. The molecular weight excluding hydrogens is 632 g/mol. The van der Waals surface area contributed by atoms with Crippen molar-refractivity contribution in [3.8, 4) is 0 Å². The second kappa shape index (κ2) is 15.1. The van der Waals surface area contributed by atoms with Gasteiger partial charge in [0.1, 0.15) is 6.04 Å². The molecule has 6 atom stereocenters. The van der Waals surface area contributed by atoms with E-state index < -0.39 is 62.5 Å². The average Bonchev–Trinajstić information content (AvgIpc) is 3.26. The van der Waals surface area contributed by atoms with Crippen LogP contribution in [-0.2, 0) is 29.2 Å². The summed E-state index contributed by atoms with van der Waals surface area (Å²) in [7, 11) is -3.38. The summed E-state index contributed by atoms with van der Waals surface area (Å²) in [5.41, 5.74) is -1.36. The lowest BCUT2D eigenvalue weighted by atomic mass is 9.83. The van der Waals surface area contributed by atoms with E-state index in [4.69, 9.17) is 0 Å². The molecule has 3 fully saturated rings. The lowest BCUT2D eigenvalue weighted by molar-refractivity contribution is -0.144. The minimum absolute atomic E-state index is 0.0653. The van der Waals surface area contributed by atoms with Crippen LogP contribution in [-0.4, -0.2) is 90.4 Å². The number of fused-ring (bicyclic) bond motifs is 1. The molecule has 3 amide bonds. The van der Waals surface area contributed by atoms with Gasteiger partial charge in [0.15, 0.2) is 11.6 Å². The number of piperidine rings is 1. The maximum absolute atomic E-state index is 14.4. The SMILES string of the molecule is C=CCCC(=O)C(=O)C(CCCC)CC(=O)[C@@H]1[C@@H]2[C@H](CN1C(=O)[C@@H](NC(=O)N[C@H](CN1CCCS1(=O)=O)C(C)(C)C)C(C)(C)C)C2(C)C. The summed E-state index contributed by atoms with van der Waals surface area (Å²) in [6.07, 6.45) is 4.44. The Morgan fingerprint density at radius 1 is 1.02 bits per heavy atom. The van der Waals surface area contributed by atoms with Gasteiger partial charge in [-0.05, 0) is 47.3 Å². The van der Waals surface area contributed by atoms with Crippen molar-refractivity contribution in [2.45, 2.75) is 125 Å². The Bertz CT molecular complexity index is 1360. The third kappa shape index (κ3) is 9.14. The minimum Gasteiger partial charge on any atom is -0.334 e. The van der Waals surface area contributed by atoms with E-state index in [2.05, 4.69) is 31.1 Å². The molecule has 2 saturated heterocycles. The van der Waals surface area contributed by atoms with Crippen molar-refractivity contribution >= 4 is 39.3 Å². The van der Waals surface area contributed by atoms with E-state index in [1.165, 1.54) is 4.31 Å². The van der Waals surface area contributed by atoms with Gasteiger partial charge in [0.05, 0.1) is 11.8 Å². The number of hydrogen-bond acceptors (Lipinski definition) is 7. The Morgan fingerprint density at radius 2 is 1.67 bits per heavy atom. The highest BCUT2D eigenvalue weighted by Gasteiger charge is 2.69. The van der Waals surface area contributed by atoms with E-state index in [9.17, 15) is 32.4 Å². The zero-order valence-corrected chi connectivity index (χ0v) is 31.5. The van der Waals surface area contributed by atoms with Crippen LogP contribution >= 0.6 is 0 Å². The number of nitrogens with zero attached hydrogens (tertiary/aromatic N) is 2. The summed E-state index contributed by atoms with van der Waals surface area (Å²) in [6, 6.07) is -2.85. The minimum atomic E-state index is -3.38. The number of Topliss-reactive ketones (excluding diaryl/α,β-unsaturated/α-hetero) is 3. The number of likely N-dealkylation sites (tertiary alicyclic amines) is 1. The van der Waals surface area contributed by atoms with Crippen molar-refractivity contribution in [3.05, 3.63) is 12.7 Å². The predicted molar refractivity (Wildman–Crippen MR) is 186 cm³/mol. The fourth-order valence-corrected chi connectivity index (χ4v) is 8.92. The van der Waals surface area contributed by atoms with Crippen LogP contribution in [0.15, 0.2) is 12.7 Å². The van der Waals surface area contributed by atoms with Gasteiger partial charge < -0.3 is 15.5 Å². The van der Waals surface area contributed by atoms with Crippen molar-refractivity contribution in [1.29, 1.82) is 0 Å². The number of hydrogen-bond donors (Lipinski definition) is 2. The van der Waals surface area contributed by atoms with Crippen molar-refractivity contribution in [2.24, 2.45) is 34.0 Å². The molecule has 11 nitrogen and oxygen atoms in total. The van der Waals surface area contributed by atoms with Gasteiger partial charge in [0.25, 0.3) is 0 Å². The maximum atomic E-state index is 14.4. The maximum Gasteiger partial charge on any atom is 0.315 e. The van der Waals surface area contributed by atoms with E-state index in [1.807, 2.05) is 48.5 Å². The van der Waals surface area contributed by atoms with Gasteiger partial charge in [0, 0.05) is 44.4 Å². The Balaban J connectivity index is 1.83. The number of sulfonamides is 1. The number of urea groups is 1. The van der Waals surface area contributed by atoms with E-state index in [0.29, 0.717) is 38.8 Å². The molecule has 1 saturated carbocycles. The summed E-state index contributed by atoms with van der Waals surface area (Å²) in [6.45, 7) is 22.0. The largest absolute Gasteiger partial charge is 0.334 e. The lowest BCUT2D eigenvalue weighted by Crippen LogP contribution is -2.61. The highest BCUT2D eigenvalue weighted by molar-refractivity contribution is 7.89. The number of allylic oxidation sites excluding steroid dienone is 1. The number of unbranched alkanes of at least 4 members (excludes halogenated alkanes) is 1. The molecule has 0 aromatic heterocycles. The van der Waals surface area contributed by atoms with Crippen molar-refractivity contribution in [2.75, 3.05) is 25.4 Å². The zero-order chi connectivity index (χ0) is 36.4. The second-order valence-electron chi connectivity index (χ2n) is 16.9. The molecule has 272 valence electrons. The van der Waals surface area contributed by atoms with E-state index in [-0.39, 0.29) is 54.1 Å². The molecule has 12 heteroatoms. The Kier molecular flexibility index (Phi) is 12.5.